The first-order chi connectivity index (χ1) is 9.76. The molecule has 0 aliphatic carbocycles. The monoisotopic (exact) mass is 276 g/mol. The van der Waals surface area contributed by atoms with Crippen LogP contribution in [0.15, 0.2) is 29.1 Å². The maximum absolute atomic E-state index is 12.3. The van der Waals surface area contributed by atoms with E-state index in [9.17, 15) is 4.79 Å². The molecule has 2 aromatic rings. The first kappa shape index (κ1) is 14.6. The standard InChI is InChI=1S/C14H20N4O2/c1-2-3-8-17(9-10-19)11-18-14(20)12-6-4-5-7-13(12)15-16-18/h4-7,19H,2-3,8-11H2,1H3. The van der Waals surface area contributed by atoms with Crippen molar-refractivity contribution < 1.29 is 5.11 Å². The van der Waals surface area contributed by atoms with Gasteiger partial charge in [0.2, 0.25) is 0 Å². The molecule has 6 nitrogen and oxygen atoms in total. The lowest BCUT2D eigenvalue weighted by atomic mass is 10.2. The summed E-state index contributed by atoms with van der Waals surface area (Å²) in [5.74, 6) is 0. The molecule has 0 fully saturated rings. The van der Waals surface area contributed by atoms with E-state index in [1.807, 2.05) is 17.0 Å². The molecule has 1 aromatic carbocycles. The Bertz CT molecular complexity index is 611. The minimum atomic E-state index is -0.143. The van der Waals surface area contributed by atoms with E-state index in [0.29, 0.717) is 24.1 Å². The molecule has 0 saturated carbocycles. The Labute approximate surface area is 117 Å². The lowest BCUT2D eigenvalue weighted by Crippen LogP contribution is -2.36. The third-order valence-electron chi connectivity index (χ3n) is 3.21. The van der Waals surface area contributed by atoms with E-state index in [1.54, 1.807) is 12.1 Å². The number of fused-ring (bicyclic) bond motifs is 1. The number of hydrogen-bond donors (Lipinski definition) is 1. The van der Waals surface area contributed by atoms with Crippen molar-refractivity contribution in [2.24, 2.45) is 0 Å². The van der Waals surface area contributed by atoms with Gasteiger partial charge in [-0.1, -0.05) is 30.7 Å². The highest BCUT2D eigenvalue weighted by atomic mass is 16.3. The second kappa shape index (κ2) is 7.12. The van der Waals surface area contributed by atoms with E-state index in [0.717, 1.165) is 19.4 Å². The molecule has 108 valence electrons. The van der Waals surface area contributed by atoms with Gasteiger partial charge in [0.05, 0.1) is 18.7 Å². The van der Waals surface area contributed by atoms with Crippen molar-refractivity contribution >= 4 is 10.9 Å². The van der Waals surface area contributed by atoms with E-state index >= 15 is 0 Å². The van der Waals surface area contributed by atoms with Crippen LogP contribution in [0.1, 0.15) is 19.8 Å². The number of benzene rings is 1. The predicted octanol–water partition coefficient (Wildman–Crippen LogP) is 0.843. The zero-order valence-corrected chi connectivity index (χ0v) is 11.7. The molecule has 1 heterocycles. The van der Waals surface area contributed by atoms with Gasteiger partial charge in [-0.3, -0.25) is 9.69 Å². The van der Waals surface area contributed by atoms with Crippen LogP contribution in [0.5, 0.6) is 0 Å². The lowest BCUT2D eigenvalue weighted by Gasteiger charge is -2.20. The lowest BCUT2D eigenvalue weighted by molar-refractivity contribution is 0.152. The van der Waals surface area contributed by atoms with Crippen LogP contribution < -0.4 is 5.56 Å². The van der Waals surface area contributed by atoms with Gasteiger partial charge in [-0.25, -0.2) is 0 Å². The summed E-state index contributed by atoms with van der Waals surface area (Å²) in [7, 11) is 0. The molecule has 0 atom stereocenters. The molecule has 1 aromatic heterocycles. The average Bonchev–Trinajstić information content (AvgIpc) is 2.48. The summed E-state index contributed by atoms with van der Waals surface area (Å²) in [6.07, 6.45) is 2.09. The van der Waals surface area contributed by atoms with E-state index in [-0.39, 0.29) is 12.2 Å². The number of unbranched alkanes of at least 4 members (excludes halogenated alkanes) is 1. The number of rotatable bonds is 7. The number of aliphatic hydroxyl groups excluding tert-OH is 1. The van der Waals surface area contributed by atoms with Gasteiger partial charge >= 0.3 is 0 Å². The molecule has 0 spiro atoms. The van der Waals surface area contributed by atoms with Crippen molar-refractivity contribution in [3.8, 4) is 0 Å². The van der Waals surface area contributed by atoms with Gasteiger partial charge in [0.15, 0.2) is 0 Å². The summed E-state index contributed by atoms with van der Waals surface area (Å²) in [5.41, 5.74) is 0.464. The van der Waals surface area contributed by atoms with Crippen LogP contribution >= 0.6 is 0 Å². The maximum atomic E-state index is 12.3. The molecule has 0 unspecified atom stereocenters. The maximum Gasteiger partial charge on any atom is 0.278 e. The largest absolute Gasteiger partial charge is 0.395 e. The minimum Gasteiger partial charge on any atom is -0.395 e. The highest BCUT2D eigenvalue weighted by Crippen LogP contribution is 2.04. The number of aromatic nitrogens is 3. The molecular formula is C14H20N4O2. The Morgan fingerprint density at radius 1 is 1.30 bits per heavy atom. The molecule has 0 aliphatic rings. The fourth-order valence-electron chi connectivity index (χ4n) is 2.08. The summed E-state index contributed by atoms with van der Waals surface area (Å²) in [6, 6.07) is 7.18. The summed E-state index contributed by atoms with van der Waals surface area (Å²) in [6.45, 7) is 3.90. The van der Waals surface area contributed by atoms with Gasteiger partial charge < -0.3 is 5.11 Å². The third-order valence-corrected chi connectivity index (χ3v) is 3.21. The molecule has 2 rings (SSSR count). The van der Waals surface area contributed by atoms with Gasteiger partial charge in [0.25, 0.3) is 5.56 Å². The Hall–Kier alpha value is -1.79. The van der Waals surface area contributed by atoms with Crippen LogP contribution in [0.4, 0.5) is 0 Å². The Balaban J connectivity index is 2.23. The molecule has 0 aliphatic heterocycles. The van der Waals surface area contributed by atoms with Crippen molar-refractivity contribution in [3.05, 3.63) is 34.6 Å². The SMILES string of the molecule is CCCCN(CCO)Cn1nnc2ccccc2c1=O. The van der Waals surface area contributed by atoms with Crippen LogP contribution in [-0.2, 0) is 6.67 Å². The first-order valence-electron chi connectivity index (χ1n) is 6.92. The summed E-state index contributed by atoms with van der Waals surface area (Å²) < 4.78 is 1.35. The van der Waals surface area contributed by atoms with E-state index in [1.165, 1.54) is 4.68 Å². The van der Waals surface area contributed by atoms with Crippen molar-refractivity contribution in [1.29, 1.82) is 0 Å². The van der Waals surface area contributed by atoms with Gasteiger partial charge in [0, 0.05) is 6.54 Å². The Morgan fingerprint density at radius 3 is 2.85 bits per heavy atom. The van der Waals surface area contributed by atoms with Crippen molar-refractivity contribution in [1.82, 2.24) is 19.9 Å². The molecule has 20 heavy (non-hydrogen) atoms. The van der Waals surface area contributed by atoms with E-state index in [2.05, 4.69) is 17.2 Å². The zero-order chi connectivity index (χ0) is 14.4. The normalized spacial score (nSPS) is 11.3. The molecular weight excluding hydrogens is 256 g/mol. The quantitative estimate of drug-likeness (QED) is 0.811. The van der Waals surface area contributed by atoms with Gasteiger partial charge in [-0.2, -0.15) is 4.68 Å². The fourth-order valence-corrected chi connectivity index (χ4v) is 2.08. The van der Waals surface area contributed by atoms with Crippen molar-refractivity contribution in [3.63, 3.8) is 0 Å². The molecule has 0 bridgehead atoms. The predicted molar refractivity (Wildman–Crippen MR) is 77.4 cm³/mol. The average molecular weight is 276 g/mol. The van der Waals surface area contributed by atoms with Crippen molar-refractivity contribution in [2.45, 2.75) is 26.4 Å². The highest BCUT2D eigenvalue weighted by Gasteiger charge is 2.09. The van der Waals surface area contributed by atoms with Crippen LogP contribution in [0.2, 0.25) is 0 Å². The molecule has 1 N–H and O–H groups in total. The fraction of sp³-hybridized carbons (Fsp3) is 0.500. The number of hydrogen-bond acceptors (Lipinski definition) is 5. The van der Waals surface area contributed by atoms with E-state index < -0.39 is 0 Å². The molecule has 0 saturated heterocycles. The Morgan fingerprint density at radius 2 is 2.10 bits per heavy atom. The highest BCUT2D eigenvalue weighted by molar-refractivity contribution is 5.76. The summed E-state index contributed by atoms with van der Waals surface area (Å²) >= 11 is 0. The van der Waals surface area contributed by atoms with E-state index in [4.69, 9.17) is 5.11 Å². The van der Waals surface area contributed by atoms with Crippen LogP contribution in [0, 0.1) is 0 Å². The topological polar surface area (TPSA) is 71.2 Å². The number of aliphatic hydroxyl groups is 1. The molecule has 0 amide bonds. The van der Waals surface area contributed by atoms with Crippen LogP contribution in [0.25, 0.3) is 10.9 Å². The summed E-state index contributed by atoms with van der Waals surface area (Å²) in [4.78, 5) is 14.3. The summed E-state index contributed by atoms with van der Waals surface area (Å²) in [5, 5.41) is 17.7. The second-order valence-corrected chi connectivity index (χ2v) is 4.75. The second-order valence-electron chi connectivity index (χ2n) is 4.75. The van der Waals surface area contributed by atoms with Gasteiger partial charge in [-0.05, 0) is 25.1 Å². The van der Waals surface area contributed by atoms with Crippen LogP contribution in [0.3, 0.4) is 0 Å². The first-order valence-corrected chi connectivity index (χ1v) is 6.92. The minimum absolute atomic E-state index is 0.0689. The smallest absolute Gasteiger partial charge is 0.278 e. The number of nitrogens with zero attached hydrogens (tertiary/aromatic N) is 4. The molecule has 6 heteroatoms. The van der Waals surface area contributed by atoms with Crippen LogP contribution in [-0.4, -0.2) is 44.7 Å². The zero-order valence-electron chi connectivity index (χ0n) is 11.7. The van der Waals surface area contributed by atoms with Gasteiger partial charge in [0.1, 0.15) is 5.52 Å². The van der Waals surface area contributed by atoms with Gasteiger partial charge in [-0.15, -0.1) is 5.10 Å². The van der Waals surface area contributed by atoms with Crippen molar-refractivity contribution in [2.75, 3.05) is 19.7 Å². The molecule has 0 radical (unpaired) electrons. The third kappa shape index (κ3) is 3.40. The Kier molecular flexibility index (Phi) is 5.20.